The van der Waals surface area contributed by atoms with Crippen LogP contribution in [0.3, 0.4) is 0 Å². The van der Waals surface area contributed by atoms with Gasteiger partial charge >= 0.3 is 11.5 Å². The number of hydrogen-bond donors (Lipinski definition) is 2. The third-order valence-electron chi connectivity index (χ3n) is 4.13. The fourth-order valence-electron chi connectivity index (χ4n) is 3.05. The first-order valence-electron chi connectivity index (χ1n) is 8.07. The minimum absolute atomic E-state index is 0.0597. The summed E-state index contributed by atoms with van der Waals surface area (Å²) in [7, 11) is 0. The number of thioether (sulfide) groups is 1. The van der Waals surface area contributed by atoms with Crippen molar-refractivity contribution in [3.63, 3.8) is 0 Å². The van der Waals surface area contributed by atoms with Crippen molar-refractivity contribution in [2.75, 3.05) is 18.5 Å². The molecule has 1 spiro atoms. The zero-order chi connectivity index (χ0) is 17.9. The number of urea groups is 1. The van der Waals surface area contributed by atoms with Crippen LogP contribution in [0, 0.1) is 0 Å². The van der Waals surface area contributed by atoms with E-state index in [9.17, 15) is 18.0 Å². The molecule has 138 valence electrons. The van der Waals surface area contributed by atoms with E-state index in [4.69, 9.17) is 9.47 Å². The lowest BCUT2D eigenvalue weighted by Gasteiger charge is -2.22. The van der Waals surface area contributed by atoms with Gasteiger partial charge in [0, 0.05) is 24.3 Å². The first kappa shape index (κ1) is 18.3. The summed E-state index contributed by atoms with van der Waals surface area (Å²) >= 11 is -0.262. The lowest BCUT2D eigenvalue weighted by Crippen LogP contribution is -2.37. The fourth-order valence-corrected chi connectivity index (χ4v) is 3.67. The van der Waals surface area contributed by atoms with Crippen molar-refractivity contribution in [3.05, 3.63) is 24.3 Å². The Morgan fingerprint density at radius 2 is 2.00 bits per heavy atom. The first-order chi connectivity index (χ1) is 11.9. The molecule has 9 heteroatoms. The van der Waals surface area contributed by atoms with Crippen molar-refractivity contribution in [2.45, 2.75) is 48.0 Å². The van der Waals surface area contributed by atoms with E-state index in [-0.39, 0.29) is 35.0 Å². The molecule has 2 amide bonds. The van der Waals surface area contributed by atoms with E-state index in [2.05, 4.69) is 10.6 Å². The van der Waals surface area contributed by atoms with Gasteiger partial charge in [0.2, 0.25) is 0 Å². The SMILES string of the molecule is O=C(NC[C@@H]1COC2(CCCC2)O1)Nc1ccccc1SC(F)(F)F. The highest BCUT2D eigenvalue weighted by atomic mass is 32.2. The standard InChI is InChI=1S/C16H19F3N2O3S/c17-16(18,19)25-13-6-2-1-5-12(13)21-14(22)20-9-11-10-23-15(24-11)7-3-4-8-15/h1-2,5-6,11H,3-4,7-10H2,(H2,20,21,22)/t11-/m1/s1. The number of anilines is 1. The van der Waals surface area contributed by atoms with Gasteiger partial charge < -0.3 is 20.1 Å². The Bertz CT molecular complexity index is 621. The van der Waals surface area contributed by atoms with E-state index in [1.165, 1.54) is 18.2 Å². The number of benzene rings is 1. The number of halogens is 3. The van der Waals surface area contributed by atoms with Gasteiger partial charge in [-0.1, -0.05) is 12.1 Å². The third kappa shape index (κ3) is 5.02. The Kier molecular flexibility index (Phi) is 5.45. The smallest absolute Gasteiger partial charge is 0.347 e. The lowest BCUT2D eigenvalue weighted by atomic mass is 10.2. The maximum atomic E-state index is 12.6. The van der Waals surface area contributed by atoms with Crippen molar-refractivity contribution in [1.82, 2.24) is 5.32 Å². The van der Waals surface area contributed by atoms with Crippen LogP contribution in [-0.4, -0.2) is 36.6 Å². The predicted molar refractivity (Wildman–Crippen MR) is 87.4 cm³/mol. The number of rotatable bonds is 4. The summed E-state index contributed by atoms with van der Waals surface area (Å²) in [6.45, 7) is 0.642. The van der Waals surface area contributed by atoms with E-state index in [0.29, 0.717) is 6.61 Å². The van der Waals surface area contributed by atoms with Crippen LogP contribution < -0.4 is 10.6 Å². The highest BCUT2D eigenvalue weighted by Crippen LogP contribution is 2.40. The largest absolute Gasteiger partial charge is 0.446 e. The lowest BCUT2D eigenvalue weighted by molar-refractivity contribution is -0.160. The molecule has 1 aliphatic carbocycles. The molecule has 1 aliphatic heterocycles. The van der Waals surface area contributed by atoms with Crippen LogP contribution in [-0.2, 0) is 9.47 Å². The average molecular weight is 376 g/mol. The zero-order valence-electron chi connectivity index (χ0n) is 13.4. The van der Waals surface area contributed by atoms with E-state index in [1.807, 2.05) is 0 Å². The molecule has 1 aromatic rings. The predicted octanol–water partition coefficient (Wildman–Crippen LogP) is 4.11. The summed E-state index contributed by atoms with van der Waals surface area (Å²) in [5.41, 5.74) is -4.31. The van der Waals surface area contributed by atoms with Gasteiger partial charge in [0.1, 0.15) is 6.10 Å². The Balaban J connectivity index is 1.50. The van der Waals surface area contributed by atoms with Crippen LogP contribution in [0.5, 0.6) is 0 Å². The van der Waals surface area contributed by atoms with E-state index in [1.54, 1.807) is 6.07 Å². The average Bonchev–Trinajstić information content (AvgIpc) is 3.16. The van der Waals surface area contributed by atoms with Gasteiger partial charge in [-0.2, -0.15) is 13.2 Å². The summed E-state index contributed by atoms with van der Waals surface area (Å²) in [5, 5.41) is 5.07. The molecule has 0 aromatic heterocycles. The molecule has 0 bridgehead atoms. The maximum absolute atomic E-state index is 12.6. The third-order valence-corrected chi connectivity index (χ3v) is 4.94. The highest BCUT2D eigenvalue weighted by molar-refractivity contribution is 8.00. The topological polar surface area (TPSA) is 59.6 Å². The molecular formula is C16H19F3N2O3S. The van der Waals surface area contributed by atoms with Gasteiger partial charge in [-0.3, -0.25) is 0 Å². The number of ether oxygens (including phenoxy) is 2. The van der Waals surface area contributed by atoms with Crippen molar-refractivity contribution in [2.24, 2.45) is 0 Å². The van der Waals surface area contributed by atoms with Crippen molar-refractivity contribution >= 4 is 23.5 Å². The van der Waals surface area contributed by atoms with Crippen molar-refractivity contribution < 1.29 is 27.4 Å². The summed E-state index contributed by atoms with van der Waals surface area (Å²) in [6.07, 6.45) is 3.60. The molecule has 0 radical (unpaired) electrons. The molecule has 5 nitrogen and oxygen atoms in total. The molecule has 0 unspecified atom stereocenters. The van der Waals surface area contributed by atoms with Crippen molar-refractivity contribution in [3.8, 4) is 0 Å². The van der Waals surface area contributed by atoms with Crippen LogP contribution in [0.1, 0.15) is 25.7 Å². The normalized spacial score (nSPS) is 22.3. The van der Waals surface area contributed by atoms with Gasteiger partial charge in [0.25, 0.3) is 0 Å². The van der Waals surface area contributed by atoms with Gasteiger partial charge in [-0.15, -0.1) is 0 Å². The molecule has 1 saturated carbocycles. The molecule has 1 atom stereocenters. The second-order valence-corrected chi connectivity index (χ2v) is 7.15. The molecule has 1 aromatic carbocycles. The Labute approximate surface area is 147 Å². The van der Waals surface area contributed by atoms with Crippen LogP contribution in [0.15, 0.2) is 29.2 Å². The second kappa shape index (κ2) is 7.43. The molecule has 2 N–H and O–H groups in total. The number of para-hydroxylation sites is 1. The number of alkyl halides is 3. The quantitative estimate of drug-likeness (QED) is 0.777. The highest BCUT2D eigenvalue weighted by Gasteiger charge is 2.43. The number of hydrogen-bond acceptors (Lipinski definition) is 4. The maximum Gasteiger partial charge on any atom is 0.446 e. The minimum atomic E-state index is -4.42. The molecule has 2 fully saturated rings. The summed E-state index contributed by atoms with van der Waals surface area (Å²) in [6, 6.07) is 5.21. The van der Waals surface area contributed by atoms with E-state index >= 15 is 0 Å². The van der Waals surface area contributed by atoms with E-state index in [0.717, 1.165) is 25.7 Å². The van der Waals surface area contributed by atoms with Crippen molar-refractivity contribution in [1.29, 1.82) is 0 Å². The molecule has 1 heterocycles. The molecule has 3 rings (SSSR count). The Morgan fingerprint density at radius 1 is 1.28 bits per heavy atom. The van der Waals surface area contributed by atoms with Gasteiger partial charge in [-0.05, 0) is 36.7 Å². The monoisotopic (exact) mass is 376 g/mol. The van der Waals surface area contributed by atoms with Gasteiger partial charge in [0.15, 0.2) is 5.79 Å². The number of nitrogens with one attached hydrogen (secondary N) is 2. The molecule has 25 heavy (non-hydrogen) atoms. The van der Waals surface area contributed by atoms with Crippen LogP contribution in [0.25, 0.3) is 0 Å². The van der Waals surface area contributed by atoms with Crippen LogP contribution in [0.2, 0.25) is 0 Å². The number of carbonyl (C=O) groups excluding carboxylic acids is 1. The molecular weight excluding hydrogens is 357 g/mol. The fraction of sp³-hybridized carbons (Fsp3) is 0.562. The van der Waals surface area contributed by atoms with Gasteiger partial charge in [0.05, 0.1) is 12.3 Å². The molecule has 2 aliphatic rings. The van der Waals surface area contributed by atoms with Crippen LogP contribution in [0.4, 0.5) is 23.7 Å². The van der Waals surface area contributed by atoms with Crippen LogP contribution >= 0.6 is 11.8 Å². The second-order valence-electron chi connectivity index (χ2n) is 6.05. The first-order valence-corrected chi connectivity index (χ1v) is 8.88. The summed E-state index contributed by atoms with van der Waals surface area (Å²) in [5.74, 6) is -0.501. The molecule has 1 saturated heterocycles. The number of carbonyl (C=O) groups is 1. The number of amides is 2. The summed E-state index contributed by atoms with van der Waals surface area (Å²) in [4.78, 5) is 11.9. The Morgan fingerprint density at radius 3 is 2.72 bits per heavy atom. The summed E-state index contributed by atoms with van der Waals surface area (Å²) < 4.78 is 49.3. The Hall–Kier alpha value is -1.45. The minimum Gasteiger partial charge on any atom is -0.347 e. The van der Waals surface area contributed by atoms with Gasteiger partial charge in [-0.25, -0.2) is 4.79 Å². The van der Waals surface area contributed by atoms with E-state index < -0.39 is 17.3 Å². The zero-order valence-corrected chi connectivity index (χ0v) is 14.2.